The van der Waals surface area contributed by atoms with Crippen molar-refractivity contribution in [1.29, 1.82) is 0 Å². The molecule has 39 heavy (non-hydrogen) atoms. The van der Waals surface area contributed by atoms with Gasteiger partial charge in [0.25, 0.3) is 0 Å². The SMILES string of the molecule is COc1cccc(-c2ccc(C[C@H](NC(=O)OCc3ccccc3)[C@@H](O)C[C@@H](N)Cc3ccccc3)cc2)n1. The molecule has 0 aliphatic heterocycles. The number of aromatic nitrogens is 1. The van der Waals surface area contributed by atoms with E-state index in [1.165, 1.54) is 0 Å². The van der Waals surface area contributed by atoms with E-state index in [1.54, 1.807) is 13.2 Å². The third-order valence-electron chi connectivity index (χ3n) is 6.50. The highest BCUT2D eigenvalue weighted by atomic mass is 16.5. The standard InChI is InChI=1S/C32H35N3O4/c1-38-31-14-8-13-28(34-31)26-17-15-24(16-18-26)20-29(35-32(37)39-22-25-11-6-3-7-12-25)30(36)21-27(33)19-23-9-4-2-5-10-23/h2-18,27,29-30,36H,19-22,33H2,1H3,(H,35,37)/t27-,29-,30-/m0/s1. The van der Waals surface area contributed by atoms with Crippen molar-refractivity contribution in [3.05, 3.63) is 120 Å². The van der Waals surface area contributed by atoms with Crippen molar-refractivity contribution in [2.45, 2.75) is 44.1 Å². The number of pyridine rings is 1. The number of amides is 1. The summed E-state index contributed by atoms with van der Waals surface area (Å²) >= 11 is 0. The van der Waals surface area contributed by atoms with Crippen molar-refractivity contribution in [2.24, 2.45) is 5.73 Å². The van der Waals surface area contributed by atoms with Gasteiger partial charge in [-0.05, 0) is 42.0 Å². The monoisotopic (exact) mass is 525 g/mol. The zero-order valence-electron chi connectivity index (χ0n) is 22.1. The van der Waals surface area contributed by atoms with E-state index in [0.29, 0.717) is 25.1 Å². The maximum atomic E-state index is 12.7. The van der Waals surface area contributed by atoms with Crippen LogP contribution in [0, 0.1) is 0 Å². The number of nitrogens with zero attached hydrogens (tertiary/aromatic N) is 1. The zero-order chi connectivity index (χ0) is 27.5. The molecule has 0 spiro atoms. The molecule has 4 rings (SSSR count). The van der Waals surface area contributed by atoms with Crippen LogP contribution in [0.2, 0.25) is 0 Å². The molecule has 202 valence electrons. The lowest BCUT2D eigenvalue weighted by atomic mass is 9.94. The molecular formula is C32H35N3O4. The highest BCUT2D eigenvalue weighted by molar-refractivity contribution is 5.68. The molecule has 0 aliphatic carbocycles. The van der Waals surface area contributed by atoms with Crippen LogP contribution in [0.4, 0.5) is 4.79 Å². The molecule has 0 radical (unpaired) electrons. The highest BCUT2D eigenvalue weighted by Crippen LogP contribution is 2.21. The lowest BCUT2D eigenvalue weighted by Crippen LogP contribution is -2.47. The van der Waals surface area contributed by atoms with Gasteiger partial charge in [0.1, 0.15) is 6.61 Å². The third kappa shape index (κ3) is 8.67. The van der Waals surface area contributed by atoms with Crippen LogP contribution in [0.3, 0.4) is 0 Å². The minimum absolute atomic E-state index is 0.144. The van der Waals surface area contributed by atoms with Gasteiger partial charge in [-0.1, -0.05) is 91.0 Å². The number of carbonyl (C=O) groups is 1. The number of nitrogens with two attached hydrogens (primary N) is 1. The second-order valence-electron chi connectivity index (χ2n) is 9.53. The van der Waals surface area contributed by atoms with E-state index >= 15 is 0 Å². The fourth-order valence-corrected chi connectivity index (χ4v) is 4.43. The third-order valence-corrected chi connectivity index (χ3v) is 6.50. The molecule has 7 nitrogen and oxygen atoms in total. The fraction of sp³-hybridized carbons (Fsp3) is 0.250. The molecule has 4 N–H and O–H groups in total. The van der Waals surface area contributed by atoms with Crippen LogP contribution in [0.5, 0.6) is 5.88 Å². The van der Waals surface area contributed by atoms with E-state index in [2.05, 4.69) is 10.3 Å². The predicted octanol–water partition coefficient (Wildman–Crippen LogP) is 4.92. The van der Waals surface area contributed by atoms with Crippen LogP contribution in [-0.4, -0.2) is 41.5 Å². The largest absolute Gasteiger partial charge is 0.481 e. The molecule has 0 bridgehead atoms. The van der Waals surface area contributed by atoms with Gasteiger partial charge in [-0.2, -0.15) is 0 Å². The van der Waals surface area contributed by atoms with E-state index < -0.39 is 18.2 Å². The van der Waals surface area contributed by atoms with Crippen molar-refractivity contribution >= 4 is 6.09 Å². The molecule has 0 fully saturated rings. The van der Waals surface area contributed by atoms with E-state index in [4.69, 9.17) is 15.2 Å². The zero-order valence-corrected chi connectivity index (χ0v) is 22.1. The number of aliphatic hydroxyl groups is 1. The Morgan fingerprint density at radius 1 is 0.846 bits per heavy atom. The van der Waals surface area contributed by atoms with Gasteiger partial charge in [0, 0.05) is 17.7 Å². The average molecular weight is 526 g/mol. The number of benzene rings is 3. The molecule has 0 saturated heterocycles. The molecular weight excluding hydrogens is 490 g/mol. The summed E-state index contributed by atoms with van der Waals surface area (Å²) in [6.45, 7) is 0.144. The summed E-state index contributed by atoms with van der Waals surface area (Å²) in [5, 5.41) is 14.0. The summed E-state index contributed by atoms with van der Waals surface area (Å²) in [7, 11) is 1.59. The number of aliphatic hydroxyl groups excluding tert-OH is 1. The van der Waals surface area contributed by atoms with Gasteiger partial charge in [0.15, 0.2) is 0 Å². The highest BCUT2D eigenvalue weighted by Gasteiger charge is 2.25. The first-order valence-electron chi connectivity index (χ1n) is 13.1. The molecule has 3 aromatic carbocycles. The minimum Gasteiger partial charge on any atom is -0.481 e. The van der Waals surface area contributed by atoms with Crippen molar-refractivity contribution in [3.8, 4) is 17.1 Å². The van der Waals surface area contributed by atoms with Gasteiger partial charge in [0.2, 0.25) is 5.88 Å². The van der Waals surface area contributed by atoms with Crippen LogP contribution < -0.4 is 15.8 Å². The summed E-state index contributed by atoms with van der Waals surface area (Å²) in [4.78, 5) is 17.2. The number of methoxy groups -OCH3 is 1. The molecule has 1 aromatic heterocycles. The maximum Gasteiger partial charge on any atom is 0.407 e. The Kier molecular flexibility index (Phi) is 10.1. The van der Waals surface area contributed by atoms with Crippen molar-refractivity contribution in [3.63, 3.8) is 0 Å². The lowest BCUT2D eigenvalue weighted by molar-refractivity contribution is 0.0922. The number of alkyl carbamates (subject to hydrolysis) is 1. The first-order valence-corrected chi connectivity index (χ1v) is 13.1. The summed E-state index contributed by atoms with van der Waals surface area (Å²) in [5.74, 6) is 0.546. The molecule has 1 heterocycles. The van der Waals surface area contributed by atoms with Gasteiger partial charge in [0.05, 0.1) is 24.9 Å². The quantitative estimate of drug-likeness (QED) is 0.243. The second-order valence-corrected chi connectivity index (χ2v) is 9.53. The van der Waals surface area contributed by atoms with E-state index in [9.17, 15) is 9.90 Å². The molecule has 0 aliphatic rings. The van der Waals surface area contributed by atoms with E-state index in [1.807, 2.05) is 97.1 Å². The van der Waals surface area contributed by atoms with Crippen molar-refractivity contribution in [2.75, 3.05) is 7.11 Å². The number of carbonyl (C=O) groups excluding carboxylic acids is 1. The normalized spacial score (nSPS) is 13.2. The lowest BCUT2D eigenvalue weighted by Gasteiger charge is -2.26. The van der Waals surface area contributed by atoms with Crippen LogP contribution in [0.1, 0.15) is 23.1 Å². The van der Waals surface area contributed by atoms with Crippen LogP contribution in [0.25, 0.3) is 11.3 Å². The van der Waals surface area contributed by atoms with Crippen LogP contribution in [-0.2, 0) is 24.2 Å². The topological polar surface area (TPSA) is 107 Å². The smallest absolute Gasteiger partial charge is 0.407 e. The van der Waals surface area contributed by atoms with Gasteiger partial charge in [-0.15, -0.1) is 0 Å². The van der Waals surface area contributed by atoms with Crippen molar-refractivity contribution < 1.29 is 19.4 Å². The van der Waals surface area contributed by atoms with Gasteiger partial charge in [-0.3, -0.25) is 0 Å². The molecule has 3 atom stereocenters. The Morgan fingerprint density at radius 3 is 2.15 bits per heavy atom. The first-order chi connectivity index (χ1) is 19.0. The Morgan fingerprint density at radius 2 is 1.49 bits per heavy atom. The summed E-state index contributed by atoms with van der Waals surface area (Å²) in [5.41, 5.74) is 11.1. The number of hydrogen-bond acceptors (Lipinski definition) is 6. The van der Waals surface area contributed by atoms with Crippen LogP contribution in [0.15, 0.2) is 103 Å². The van der Waals surface area contributed by atoms with Gasteiger partial charge in [-0.25, -0.2) is 9.78 Å². The van der Waals surface area contributed by atoms with E-state index in [0.717, 1.165) is 27.9 Å². The molecule has 1 amide bonds. The Bertz CT molecular complexity index is 1300. The van der Waals surface area contributed by atoms with Crippen LogP contribution >= 0.6 is 0 Å². The maximum absolute atomic E-state index is 12.7. The molecule has 7 heteroatoms. The Hall–Kier alpha value is -4.20. The summed E-state index contributed by atoms with van der Waals surface area (Å²) in [6.07, 6.45) is -0.0920. The van der Waals surface area contributed by atoms with E-state index in [-0.39, 0.29) is 12.6 Å². The molecule has 0 saturated carbocycles. The minimum atomic E-state index is -0.868. The first kappa shape index (κ1) is 27.8. The summed E-state index contributed by atoms with van der Waals surface area (Å²) in [6, 6.07) is 32.0. The van der Waals surface area contributed by atoms with Gasteiger partial charge < -0.3 is 25.6 Å². The average Bonchev–Trinajstić information content (AvgIpc) is 2.97. The Balaban J connectivity index is 1.43. The second kappa shape index (κ2) is 14.1. The predicted molar refractivity (Wildman–Crippen MR) is 152 cm³/mol. The Labute approximate surface area is 229 Å². The van der Waals surface area contributed by atoms with Crippen molar-refractivity contribution in [1.82, 2.24) is 10.3 Å². The number of hydrogen-bond donors (Lipinski definition) is 3. The molecule has 0 unspecified atom stereocenters. The number of ether oxygens (including phenoxy) is 2. The van der Waals surface area contributed by atoms with Gasteiger partial charge >= 0.3 is 6.09 Å². The number of rotatable bonds is 12. The fourth-order valence-electron chi connectivity index (χ4n) is 4.43. The summed E-state index contributed by atoms with van der Waals surface area (Å²) < 4.78 is 10.7. The number of nitrogens with one attached hydrogen (secondary N) is 1. The molecule has 4 aromatic rings.